The second-order valence-corrected chi connectivity index (χ2v) is 6.18. The summed E-state index contributed by atoms with van der Waals surface area (Å²) in [6, 6.07) is 4.27. The molecule has 0 spiro atoms. The summed E-state index contributed by atoms with van der Waals surface area (Å²) in [6.45, 7) is 7.87. The van der Waals surface area contributed by atoms with Crippen LogP contribution in [-0.2, 0) is 0 Å². The highest BCUT2D eigenvalue weighted by molar-refractivity contribution is 5.92. The van der Waals surface area contributed by atoms with Crippen LogP contribution in [0.15, 0.2) is 24.5 Å². The van der Waals surface area contributed by atoms with Crippen LogP contribution in [0.2, 0.25) is 0 Å². The van der Waals surface area contributed by atoms with E-state index in [0.29, 0.717) is 11.5 Å². The number of carbonyl (C=O) groups is 1. The Labute approximate surface area is 136 Å². The van der Waals surface area contributed by atoms with Crippen molar-refractivity contribution in [2.45, 2.75) is 33.6 Å². The van der Waals surface area contributed by atoms with Gasteiger partial charge in [0.2, 0.25) is 0 Å². The van der Waals surface area contributed by atoms with E-state index >= 15 is 0 Å². The second kappa shape index (κ2) is 6.36. The van der Waals surface area contributed by atoms with Gasteiger partial charge in [0.05, 0.1) is 12.4 Å². The summed E-state index contributed by atoms with van der Waals surface area (Å²) in [4.78, 5) is 22.7. The van der Waals surface area contributed by atoms with Crippen molar-refractivity contribution < 1.29 is 4.79 Å². The fourth-order valence-electron chi connectivity index (χ4n) is 3.09. The first-order valence-corrected chi connectivity index (χ1v) is 8.01. The Morgan fingerprint density at radius 2 is 1.70 bits per heavy atom. The van der Waals surface area contributed by atoms with Gasteiger partial charge in [0.1, 0.15) is 11.5 Å². The van der Waals surface area contributed by atoms with Gasteiger partial charge >= 0.3 is 0 Å². The standard InChI is InChI=1S/C18H22N4O/c1-12-8-13(2)17(14(3)9-12)21-16-11-19-15(10-20-16)18(23)22-6-4-5-7-22/h8-11H,4-7H2,1-3H3,(H,20,21). The van der Waals surface area contributed by atoms with E-state index in [1.165, 1.54) is 16.7 Å². The molecule has 1 N–H and O–H groups in total. The van der Waals surface area contributed by atoms with E-state index in [1.807, 2.05) is 4.90 Å². The molecule has 1 amide bonds. The fraction of sp³-hybridized carbons (Fsp3) is 0.389. The van der Waals surface area contributed by atoms with Crippen LogP contribution in [0.4, 0.5) is 11.5 Å². The first kappa shape index (κ1) is 15.5. The molecule has 1 aromatic heterocycles. The molecule has 1 saturated heterocycles. The Hall–Kier alpha value is -2.43. The highest BCUT2D eigenvalue weighted by Gasteiger charge is 2.20. The lowest BCUT2D eigenvalue weighted by atomic mass is 10.1. The van der Waals surface area contributed by atoms with E-state index in [9.17, 15) is 4.79 Å². The minimum Gasteiger partial charge on any atom is -0.339 e. The number of hydrogen-bond acceptors (Lipinski definition) is 4. The lowest BCUT2D eigenvalue weighted by Crippen LogP contribution is -2.28. The number of nitrogens with one attached hydrogen (secondary N) is 1. The number of amides is 1. The van der Waals surface area contributed by atoms with Gasteiger partial charge in [0.25, 0.3) is 5.91 Å². The maximum atomic E-state index is 12.3. The maximum Gasteiger partial charge on any atom is 0.274 e. The van der Waals surface area contributed by atoms with E-state index < -0.39 is 0 Å². The molecule has 0 unspecified atom stereocenters. The molecule has 2 heterocycles. The third-order valence-corrected chi connectivity index (χ3v) is 4.19. The SMILES string of the molecule is Cc1cc(C)c(Nc2cnc(C(=O)N3CCCC3)cn2)c(C)c1. The van der Waals surface area contributed by atoms with E-state index in [0.717, 1.165) is 31.6 Å². The van der Waals surface area contributed by atoms with Crippen LogP contribution in [0.3, 0.4) is 0 Å². The highest BCUT2D eigenvalue weighted by Crippen LogP contribution is 2.24. The Bertz CT molecular complexity index is 695. The molecule has 1 aliphatic rings. The Morgan fingerprint density at radius 1 is 1.04 bits per heavy atom. The Kier molecular flexibility index (Phi) is 4.28. The minimum absolute atomic E-state index is 0.0238. The van der Waals surface area contributed by atoms with Crippen molar-refractivity contribution in [2.75, 3.05) is 18.4 Å². The molecule has 3 rings (SSSR count). The monoisotopic (exact) mass is 310 g/mol. The average molecular weight is 310 g/mol. The molecule has 0 radical (unpaired) electrons. The lowest BCUT2D eigenvalue weighted by molar-refractivity contribution is 0.0786. The van der Waals surface area contributed by atoms with Crippen molar-refractivity contribution in [1.82, 2.24) is 14.9 Å². The maximum absolute atomic E-state index is 12.3. The topological polar surface area (TPSA) is 58.1 Å². The normalized spacial score (nSPS) is 14.1. The lowest BCUT2D eigenvalue weighted by Gasteiger charge is -2.15. The van der Waals surface area contributed by atoms with E-state index in [2.05, 4.69) is 48.2 Å². The van der Waals surface area contributed by atoms with Crippen LogP contribution in [0.25, 0.3) is 0 Å². The largest absolute Gasteiger partial charge is 0.339 e. The first-order valence-electron chi connectivity index (χ1n) is 8.01. The summed E-state index contributed by atoms with van der Waals surface area (Å²) in [7, 11) is 0. The van der Waals surface area contributed by atoms with E-state index in [1.54, 1.807) is 12.4 Å². The smallest absolute Gasteiger partial charge is 0.274 e. The number of aryl methyl sites for hydroxylation is 3. The van der Waals surface area contributed by atoms with Crippen LogP contribution in [0.5, 0.6) is 0 Å². The molecule has 0 bridgehead atoms. The molecule has 5 nitrogen and oxygen atoms in total. The van der Waals surface area contributed by atoms with Gasteiger partial charge in [-0.2, -0.15) is 0 Å². The summed E-state index contributed by atoms with van der Waals surface area (Å²) in [5, 5.41) is 3.30. The zero-order valence-corrected chi connectivity index (χ0v) is 13.9. The molecular weight excluding hydrogens is 288 g/mol. The number of rotatable bonds is 3. The predicted molar refractivity (Wildman–Crippen MR) is 91.1 cm³/mol. The van der Waals surface area contributed by atoms with Crippen LogP contribution < -0.4 is 5.32 Å². The van der Waals surface area contributed by atoms with Crippen molar-refractivity contribution in [2.24, 2.45) is 0 Å². The molecule has 1 aromatic carbocycles. The van der Waals surface area contributed by atoms with E-state index in [4.69, 9.17) is 0 Å². The Morgan fingerprint density at radius 3 is 2.26 bits per heavy atom. The third kappa shape index (κ3) is 3.33. The number of aromatic nitrogens is 2. The number of anilines is 2. The number of carbonyl (C=O) groups excluding carboxylic acids is 1. The molecule has 1 aliphatic heterocycles. The van der Waals surface area contributed by atoms with E-state index in [-0.39, 0.29) is 5.91 Å². The summed E-state index contributed by atoms with van der Waals surface area (Å²) in [5.41, 5.74) is 5.03. The van der Waals surface area contributed by atoms with Crippen LogP contribution in [-0.4, -0.2) is 33.9 Å². The molecule has 5 heteroatoms. The van der Waals surface area contributed by atoms with Gasteiger partial charge in [-0.25, -0.2) is 9.97 Å². The van der Waals surface area contributed by atoms with Crippen molar-refractivity contribution in [1.29, 1.82) is 0 Å². The molecule has 0 aliphatic carbocycles. The number of nitrogens with zero attached hydrogens (tertiary/aromatic N) is 3. The molecule has 0 atom stereocenters. The quantitative estimate of drug-likeness (QED) is 0.944. The van der Waals surface area contributed by atoms with Crippen molar-refractivity contribution >= 4 is 17.4 Å². The van der Waals surface area contributed by atoms with Crippen LogP contribution in [0.1, 0.15) is 40.0 Å². The van der Waals surface area contributed by atoms with Crippen molar-refractivity contribution in [3.05, 3.63) is 46.9 Å². The van der Waals surface area contributed by atoms with Gasteiger partial charge in [-0.3, -0.25) is 4.79 Å². The third-order valence-electron chi connectivity index (χ3n) is 4.19. The van der Waals surface area contributed by atoms with Gasteiger partial charge in [-0.05, 0) is 44.7 Å². The predicted octanol–water partition coefficient (Wildman–Crippen LogP) is 3.38. The molecular formula is C18H22N4O. The summed E-state index contributed by atoms with van der Waals surface area (Å²) < 4.78 is 0. The zero-order valence-electron chi connectivity index (χ0n) is 13.9. The molecule has 2 aromatic rings. The first-order chi connectivity index (χ1) is 11.0. The van der Waals surface area contributed by atoms with Gasteiger partial charge in [0, 0.05) is 18.8 Å². The summed E-state index contributed by atoms with van der Waals surface area (Å²) >= 11 is 0. The van der Waals surface area contributed by atoms with Gasteiger partial charge in [-0.15, -0.1) is 0 Å². The fourth-order valence-corrected chi connectivity index (χ4v) is 3.09. The molecule has 1 fully saturated rings. The summed E-state index contributed by atoms with van der Waals surface area (Å²) in [5.74, 6) is 0.627. The summed E-state index contributed by atoms with van der Waals surface area (Å²) in [6.07, 6.45) is 5.33. The highest BCUT2D eigenvalue weighted by atomic mass is 16.2. The molecule has 120 valence electrons. The zero-order chi connectivity index (χ0) is 16.4. The minimum atomic E-state index is -0.0238. The number of hydrogen-bond donors (Lipinski definition) is 1. The number of benzene rings is 1. The van der Waals surface area contributed by atoms with Gasteiger partial charge in [0.15, 0.2) is 0 Å². The van der Waals surface area contributed by atoms with Gasteiger partial charge < -0.3 is 10.2 Å². The van der Waals surface area contributed by atoms with Crippen molar-refractivity contribution in [3.8, 4) is 0 Å². The van der Waals surface area contributed by atoms with Crippen LogP contribution >= 0.6 is 0 Å². The molecule has 23 heavy (non-hydrogen) atoms. The average Bonchev–Trinajstić information content (AvgIpc) is 3.05. The van der Waals surface area contributed by atoms with Crippen LogP contribution in [0, 0.1) is 20.8 Å². The Balaban J connectivity index is 1.76. The van der Waals surface area contributed by atoms with Crippen molar-refractivity contribution in [3.63, 3.8) is 0 Å². The number of likely N-dealkylation sites (tertiary alicyclic amines) is 1. The second-order valence-electron chi connectivity index (χ2n) is 6.18. The van der Waals surface area contributed by atoms with Gasteiger partial charge in [-0.1, -0.05) is 17.7 Å². The molecule has 0 saturated carbocycles.